The molecule has 0 aliphatic heterocycles. The molecule has 0 unspecified atom stereocenters. The van der Waals surface area contributed by atoms with Crippen molar-refractivity contribution in [1.29, 1.82) is 0 Å². The first-order valence-corrected chi connectivity index (χ1v) is 8.29. The Hall–Kier alpha value is -1.62. The second-order valence-corrected chi connectivity index (χ2v) is 6.34. The van der Waals surface area contributed by atoms with Gasteiger partial charge in [-0.2, -0.15) is 0 Å². The van der Waals surface area contributed by atoms with Gasteiger partial charge >= 0.3 is 0 Å². The summed E-state index contributed by atoms with van der Waals surface area (Å²) in [4.78, 5) is 2.38. The van der Waals surface area contributed by atoms with Gasteiger partial charge in [0.05, 0.1) is 19.0 Å². The molecule has 2 aromatic rings. The first kappa shape index (κ1) is 16.2. The van der Waals surface area contributed by atoms with Crippen molar-refractivity contribution in [2.45, 2.75) is 45.1 Å². The molecule has 23 heavy (non-hydrogen) atoms. The molecule has 0 radical (unpaired) electrons. The average Bonchev–Trinajstić information content (AvgIpc) is 3.26. The van der Waals surface area contributed by atoms with Crippen LogP contribution in [0.5, 0.6) is 0 Å². The number of rotatable bonds is 9. The lowest BCUT2D eigenvalue weighted by Crippen LogP contribution is -2.36. The van der Waals surface area contributed by atoms with Crippen LogP contribution in [0.15, 0.2) is 47.1 Å². The lowest BCUT2D eigenvalue weighted by molar-refractivity contribution is 0.00244. The Balaban J connectivity index is 1.48. The standard InChI is InChI=1S/C19H25NO3/c1-15-5-2-3-6-16(15)11-20(17-8-9-17)12-18(21)13-22-14-19-7-4-10-23-19/h2-7,10,17-18,21H,8-9,11-14H2,1H3/t18-/m1/s1. The van der Waals surface area contributed by atoms with Gasteiger partial charge in [0, 0.05) is 19.1 Å². The van der Waals surface area contributed by atoms with Gasteiger partial charge in [0.25, 0.3) is 0 Å². The van der Waals surface area contributed by atoms with Crippen molar-refractivity contribution in [3.05, 3.63) is 59.5 Å². The highest BCUT2D eigenvalue weighted by molar-refractivity contribution is 5.25. The molecule has 3 rings (SSSR count). The minimum absolute atomic E-state index is 0.331. The van der Waals surface area contributed by atoms with Gasteiger partial charge in [-0.05, 0) is 43.0 Å². The Morgan fingerprint density at radius 3 is 2.78 bits per heavy atom. The second kappa shape index (κ2) is 7.77. The summed E-state index contributed by atoms with van der Waals surface area (Å²) in [5, 5.41) is 10.3. The van der Waals surface area contributed by atoms with Gasteiger partial charge in [0.15, 0.2) is 0 Å². The summed E-state index contributed by atoms with van der Waals surface area (Å²) in [6.07, 6.45) is 3.61. The van der Waals surface area contributed by atoms with Crippen LogP contribution in [0.2, 0.25) is 0 Å². The lowest BCUT2D eigenvalue weighted by atomic mass is 10.1. The van der Waals surface area contributed by atoms with Crippen LogP contribution >= 0.6 is 0 Å². The number of aryl methyl sites for hydroxylation is 1. The summed E-state index contributed by atoms with van der Waals surface area (Å²) in [5.74, 6) is 0.788. The third-order valence-electron chi connectivity index (χ3n) is 4.28. The molecule has 1 heterocycles. The molecule has 0 saturated heterocycles. The van der Waals surface area contributed by atoms with E-state index in [1.54, 1.807) is 6.26 Å². The van der Waals surface area contributed by atoms with Gasteiger partial charge < -0.3 is 14.3 Å². The summed E-state index contributed by atoms with van der Waals surface area (Å²) < 4.78 is 10.8. The van der Waals surface area contributed by atoms with Crippen molar-refractivity contribution in [3.8, 4) is 0 Å². The molecule has 0 amide bonds. The Labute approximate surface area is 137 Å². The third-order valence-corrected chi connectivity index (χ3v) is 4.28. The third kappa shape index (κ3) is 4.93. The van der Waals surface area contributed by atoms with Crippen molar-refractivity contribution in [3.63, 3.8) is 0 Å². The van der Waals surface area contributed by atoms with E-state index in [0.29, 0.717) is 25.8 Å². The van der Waals surface area contributed by atoms with Gasteiger partial charge in [-0.15, -0.1) is 0 Å². The number of hydrogen-bond donors (Lipinski definition) is 1. The number of benzene rings is 1. The fourth-order valence-electron chi connectivity index (χ4n) is 2.80. The maximum atomic E-state index is 10.3. The highest BCUT2D eigenvalue weighted by Gasteiger charge is 2.30. The first-order chi connectivity index (χ1) is 11.2. The Kier molecular flexibility index (Phi) is 5.49. The molecule has 1 atom stereocenters. The summed E-state index contributed by atoms with van der Waals surface area (Å²) in [6.45, 7) is 4.43. The van der Waals surface area contributed by atoms with Crippen molar-refractivity contribution < 1.29 is 14.3 Å². The van der Waals surface area contributed by atoms with Crippen LogP contribution < -0.4 is 0 Å². The molecule has 4 heteroatoms. The fourth-order valence-corrected chi connectivity index (χ4v) is 2.80. The molecule has 1 aromatic carbocycles. The zero-order valence-corrected chi connectivity index (χ0v) is 13.6. The molecule has 0 spiro atoms. The zero-order chi connectivity index (χ0) is 16.1. The molecule has 1 aliphatic carbocycles. The number of nitrogens with zero attached hydrogens (tertiary/aromatic N) is 1. The van der Waals surface area contributed by atoms with Gasteiger partial charge in [-0.25, -0.2) is 0 Å². The summed E-state index contributed by atoms with van der Waals surface area (Å²) in [5.41, 5.74) is 2.64. The highest BCUT2D eigenvalue weighted by atomic mass is 16.5. The van der Waals surface area contributed by atoms with Crippen LogP contribution in [0.4, 0.5) is 0 Å². The normalized spacial score (nSPS) is 16.0. The maximum absolute atomic E-state index is 10.3. The molecule has 1 N–H and O–H groups in total. The molecular weight excluding hydrogens is 290 g/mol. The van der Waals surface area contributed by atoms with Crippen LogP contribution in [0.3, 0.4) is 0 Å². The molecule has 124 valence electrons. The van der Waals surface area contributed by atoms with E-state index in [-0.39, 0.29) is 0 Å². The van der Waals surface area contributed by atoms with Crippen molar-refractivity contribution >= 4 is 0 Å². The summed E-state index contributed by atoms with van der Waals surface area (Å²) >= 11 is 0. The van der Waals surface area contributed by atoms with E-state index in [1.807, 2.05) is 12.1 Å². The molecule has 1 fully saturated rings. The fraction of sp³-hybridized carbons (Fsp3) is 0.474. The van der Waals surface area contributed by atoms with Gasteiger partial charge in [-0.1, -0.05) is 24.3 Å². The lowest BCUT2D eigenvalue weighted by Gasteiger charge is -2.25. The minimum Gasteiger partial charge on any atom is -0.467 e. The smallest absolute Gasteiger partial charge is 0.129 e. The number of furan rings is 1. The van der Waals surface area contributed by atoms with Crippen LogP contribution in [0, 0.1) is 6.92 Å². The van der Waals surface area contributed by atoms with E-state index in [1.165, 1.54) is 24.0 Å². The number of ether oxygens (including phenoxy) is 1. The number of aliphatic hydroxyl groups excluding tert-OH is 1. The largest absolute Gasteiger partial charge is 0.467 e. The van der Waals surface area contributed by atoms with Gasteiger partial charge in [0.2, 0.25) is 0 Å². The summed E-state index contributed by atoms with van der Waals surface area (Å²) in [6, 6.07) is 12.8. The van der Waals surface area contributed by atoms with E-state index >= 15 is 0 Å². The van der Waals surface area contributed by atoms with E-state index in [2.05, 4.69) is 36.1 Å². The van der Waals surface area contributed by atoms with Crippen molar-refractivity contribution in [1.82, 2.24) is 4.90 Å². The molecule has 1 aliphatic rings. The maximum Gasteiger partial charge on any atom is 0.129 e. The quantitative estimate of drug-likeness (QED) is 0.772. The molecule has 1 aromatic heterocycles. The van der Waals surface area contributed by atoms with E-state index in [9.17, 15) is 5.11 Å². The van der Waals surface area contributed by atoms with Crippen LogP contribution in [0.1, 0.15) is 29.7 Å². The highest BCUT2D eigenvalue weighted by Crippen LogP contribution is 2.29. The number of aliphatic hydroxyl groups is 1. The molecule has 1 saturated carbocycles. The van der Waals surface area contributed by atoms with Gasteiger partial charge in [-0.3, -0.25) is 4.90 Å². The number of hydrogen-bond acceptors (Lipinski definition) is 4. The second-order valence-electron chi connectivity index (χ2n) is 6.34. The summed E-state index contributed by atoms with van der Waals surface area (Å²) in [7, 11) is 0. The topological polar surface area (TPSA) is 45.8 Å². The minimum atomic E-state index is -0.477. The monoisotopic (exact) mass is 315 g/mol. The molecule has 4 nitrogen and oxygen atoms in total. The van der Waals surface area contributed by atoms with E-state index in [0.717, 1.165) is 12.3 Å². The van der Waals surface area contributed by atoms with Crippen LogP contribution in [0.25, 0.3) is 0 Å². The SMILES string of the molecule is Cc1ccccc1CN(C[C@@H](O)COCc1ccco1)C1CC1. The van der Waals surface area contributed by atoms with Gasteiger partial charge in [0.1, 0.15) is 12.4 Å². The Morgan fingerprint density at radius 2 is 2.09 bits per heavy atom. The van der Waals surface area contributed by atoms with Crippen molar-refractivity contribution in [2.75, 3.05) is 13.2 Å². The average molecular weight is 315 g/mol. The Morgan fingerprint density at radius 1 is 1.26 bits per heavy atom. The Bertz CT molecular complexity index is 592. The molecule has 0 bridgehead atoms. The first-order valence-electron chi connectivity index (χ1n) is 8.29. The predicted octanol–water partition coefficient (Wildman–Crippen LogP) is 3.13. The van der Waals surface area contributed by atoms with Crippen LogP contribution in [-0.4, -0.2) is 35.3 Å². The van der Waals surface area contributed by atoms with E-state index < -0.39 is 6.10 Å². The van der Waals surface area contributed by atoms with E-state index in [4.69, 9.17) is 9.15 Å². The van der Waals surface area contributed by atoms with Crippen LogP contribution in [-0.2, 0) is 17.9 Å². The zero-order valence-electron chi connectivity index (χ0n) is 13.6. The van der Waals surface area contributed by atoms with Crippen molar-refractivity contribution in [2.24, 2.45) is 0 Å². The predicted molar refractivity (Wildman–Crippen MR) is 89.0 cm³/mol. The molecular formula is C19H25NO3.